The van der Waals surface area contributed by atoms with Crippen molar-refractivity contribution in [1.29, 1.82) is 0 Å². The van der Waals surface area contributed by atoms with Crippen LogP contribution in [0.2, 0.25) is 0 Å². The molecule has 0 fully saturated rings. The Balaban J connectivity index is 4.31. The molecule has 0 rings (SSSR count). The average molecular weight is 200 g/mol. The minimum absolute atomic E-state index is 0.196. The number of hydrogen-bond acceptors (Lipinski definition) is 3. The standard InChI is InChI=1S/C10H20N2O2/c1-7(2)8(3)11-10(14-6)12-9(4)13-5/h7-8H,4H2,1-3,5-6H3,(H,11,12). The van der Waals surface area contributed by atoms with Gasteiger partial charge in [-0.2, -0.15) is 0 Å². The predicted molar refractivity (Wildman–Crippen MR) is 58.0 cm³/mol. The van der Waals surface area contributed by atoms with Gasteiger partial charge in [0.15, 0.2) is 5.88 Å². The summed E-state index contributed by atoms with van der Waals surface area (Å²) >= 11 is 0. The zero-order valence-electron chi connectivity index (χ0n) is 9.63. The second-order valence-electron chi connectivity index (χ2n) is 3.38. The summed E-state index contributed by atoms with van der Waals surface area (Å²) in [4.78, 5) is 4.32. The SMILES string of the molecule is C=C(NC(=NC(C)C(C)C)OC)OC. The highest BCUT2D eigenvalue weighted by atomic mass is 16.5. The summed E-state index contributed by atoms with van der Waals surface area (Å²) in [5.74, 6) is 0.888. The molecular weight excluding hydrogens is 180 g/mol. The van der Waals surface area contributed by atoms with Crippen molar-refractivity contribution in [2.24, 2.45) is 10.9 Å². The van der Waals surface area contributed by atoms with E-state index in [-0.39, 0.29) is 6.04 Å². The minimum atomic E-state index is 0.196. The van der Waals surface area contributed by atoms with Crippen molar-refractivity contribution >= 4 is 6.02 Å². The molecule has 1 N–H and O–H groups in total. The molecule has 4 nitrogen and oxygen atoms in total. The maximum absolute atomic E-state index is 5.04. The fraction of sp³-hybridized carbons (Fsp3) is 0.700. The molecule has 0 saturated carbocycles. The molecule has 0 aromatic rings. The van der Waals surface area contributed by atoms with E-state index in [1.165, 1.54) is 7.11 Å². The fourth-order valence-electron chi connectivity index (χ4n) is 0.640. The topological polar surface area (TPSA) is 42.9 Å². The van der Waals surface area contributed by atoms with Gasteiger partial charge in [-0.15, -0.1) is 0 Å². The maximum atomic E-state index is 5.04. The van der Waals surface area contributed by atoms with E-state index in [1.54, 1.807) is 7.11 Å². The van der Waals surface area contributed by atoms with Crippen molar-refractivity contribution in [3.8, 4) is 0 Å². The van der Waals surface area contributed by atoms with Gasteiger partial charge >= 0.3 is 0 Å². The van der Waals surface area contributed by atoms with E-state index >= 15 is 0 Å². The molecule has 0 spiro atoms. The van der Waals surface area contributed by atoms with Crippen LogP contribution in [0.4, 0.5) is 0 Å². The van der Waals surface area contributed by atoms with Gasteiger partial charge in [0, 0.05) is 0 Å². The zero-order valence-corrected chi connectivity index (χ0v) is 9.63. The molecule has 0 aliphatic heterocycles. The first kappa shape index (κ1) is 12.8. The summed E-state index contributed by atoms with van der Waals surface area (Å²) in [6, 6.07) is 0.625. The van der Waals surface area contributed by atoms with Crippen LogP contribution in [0.1, 0.15) is 20.8 Å². The van der Waals surface area contributed by atoms with Gasteiger partial charge in [0.05, 0.1) is 20.3 Å². The van der Waals surface area contributed by atoms with Crippen LogP contribution in [0.5, 0.6) is 0 Å². The number of rotatable bonds is 4. The number of nitrogens with one attached hydrogen (secondary N) is 1. The highest BCUT2D eigenvalue weighted by molar-refractivity contribution is 5.75. The van der Waals surface area contributed by atoms with Crippen molar-refractivity contribution in [2.45, 2.75) is 26.8 Å². The molecule has 0 aromatic carbocycles. The molecule has 1 atom stereocenters. The molecule has 0 saturated heterocycles. The maximum Gasteiger partial charge on any atom is 0.291 e. The molecule has 0 bridgehead atoms. The number of methoxy groups -OCH3 is 2. The van der Waals surface area contributed by atoms with Crippen LogP contribution in [-0.4, -0.2) is 26.3 Å². The first-order valence-corrected chi connectivity index (χ1v) is 4.63. The van der Waals surface area contributed by atoms with Gasteiger partial charge in [-0.1, -0.05) is 13.8 Å². The van der Waals surface area contributed by atoms with Crippen molar-refractivity contribution in [1.82, 2.24) is 5.32 Å². The summed E-state index contributed by atoms with van der Waals surface area (Å²) in [5, 5.41) is 2.81. The third-order valence-electron chi connectivity index (χ3n) is 1.97. The fourth-order valence-corrected chi connectivity index (χ4v) is 0.640. The second kappa shape index (κ2) is 6.29. The number of amidine groups is 1. The Hall–Kier alpha value is -1.19. The quantitative estimate of drug-likeness (QED) is 0.427. The molecule has 14 heavy (non-hydrogen) atoms. The van der Waals surface area contributed by atoms with Crippen LogP contribution in [-0.2, 0) is 9.47 Å². The lowest BCUT2D eigenvalue weighted by atomic mass is 10.1. The Morgan fingerprint density at radius 3 is 2.14 bits per heavy atom. The lowest BCUT2D eigenvalue weighted by Crippen LogP contribution is -2.27. The summed E-state index contributed by atoms with van der Waals surface area (Å²) in [6.07, 6.45) is 0. The monoisotopic (exact) mass is 200 g/mol. The molecule has 0 heterocycles. The minimum Gasteiger partial charge on any atom is -0.483 e. The van der Waals surface area contributed by atoms with Crippen LogP contribution >= 0.6 is 0 Å². The Morgan fingerprint density at radius 2 is 1.79 bits per heavy atom. The number of ether oxygens (including phenoxy) is 2. The number of hydrogen-bond donors (Lipinski definition) is 1. The van der Waals surface area contributed by atoms with Gasteiger partial charge in [0.2, 0.25) is 0 Å². The number of nitrogens with zero attached hydrogens (tertiary/aromatic N) is 1. The van der Waals surface area contributed by atoms with E-state index < -0.39 is 0 Å². The summed E-state index contributed by atoms with van der Waals surface area (Å²) in [6.45, 7) is 9.86. The van der Waals surface area contributed by atoms with E-state index in [2.05, 4.69) is 30.7 Å². The smallest absolute Gasteiger partial charge is 0.291 e. The van der Waals surface area contributed by atoms with Gasteiger partial charge < -0.3 is 9.47 Å². The zero-order chi connectivity index (χ0) is 11.1. The number of aliphatic imine (C=N–C) groups is 1. The summed E-state index contributed by atoms with van der Waals surface area (Å²) in [5.41, 5.74) is 0. The molecule has 1 unspecified atom stereocenters. The van der Waals surface area contributed by atoms with Gasteiger partial charge in [-0.05, 0) is 19.4 Å². The molecule has 82 valence electrons. The largest absolute Gasteiger partial charge is 0.483 e. The van der Waals surface area contributed by atoms with Crippen LogP contribution < -0.4 is 5.32 Å². The summed E-state index contributed by atoms with van der Waals surface area (Å²) in [7, 11) is 3.09. The van der Waals surface area contributed by atoms with Crippen LogP contribution in [0.3, 0.4) is 0 Å². The lowest BCUT2D eigenvalue weighted by molar-refractivity contribution is 0.265. The third kappa shape index (κ3) is 4.74. The first-order chi connectivity index (χ1) is 6.51. The molecule has 0 amide bonds. The molecular formula is C10H20N2O2. The van der Waals surface area contributed by atoms with Crippen LogP contribution in [0, 0.1) is 5.92 Å². The van der Waals surface area contributed by atoms with Gasteiger partial charge in [0.25, 0.3) is 6.02 Å². The lowest BCUT2D eigenvalue weighted by Gasteiger charge is -2.14. The average Bonchev–Trinajstić information content (AvgIpc) is 2.16. The van der Waals surface area contributed by atoms with Crippen molar-refractivity contribution in [2.75, 3.05) is 14.2 Å². The Kier molecular flexibility index (Phi) is 5.76. The first-order valence-electron chi connectivity index (χ1n) is 4.63. The van der Waals surface area contributed by atoms with Gasteiger partial charge in [-0.25, -0.2) is 4.99 Å². The third-order valence-corrected chi connectivity index (χ3v) is 1.97. The Labute approximate surface area is 86.0 Å². The Bertz CT molecular complexity index is 212. The van der Waals surface area contributed by atoms with E-state index in [0.29, 0.717) is 17.8 Å². The molecule has 0 aliphatic carbocycles. The Morgan fingerprint density at radius 1 is 1.21 bits per heavy atom. The van der Waals surface area contributed by atoms with Crippen molar-refractivity contribution < 1.29 is 9.47 Å². The van der Waals surface area contributed by atoms with E-state index in [1.807, 2.05) is 6.92 Å². The highest BCUT2D eigenvalue weighted by Crippen LogP contribution is 2.05. The van der Waals surface area contributed by atoms with Gasteiger partial charge in [-0.3, -0.25) is 5.32 Å². The van der Waals surface area contributed by atoms with Crippen LogP contribution in [0.15, 0.2) is 17.5 Å². The normalized spacial score (nSPS) is 13.7. The van der Waals surface area contributed by atoms with Crippen molar-refractivity contribution in [3.05, 3.63) is 12.5 Å². The highest BCUT2D eigenvalue weighted by Gasteiger charge is 2.08. The molecule has 0 aliphatic rings. The van der Waals surface area contributed by atoms with Crippen LogP contribution in [0.25, 0.3) is 0 Å². The van der Waals surface area contributed by atoms with Gasteiger partial charge in [0.1, 0.15) is 0 Å². The summed E-state index contributed by atoms with van der Waals surface area (Å²) < 4.78 is 9.90. The second-order valence-corrected chi connectivity index (χ2v) is 3.38. The van der Waals surface area contributed by atoms with Crippen molar-refractivity contribution in [3.63, 3.8) is 0 Å². The van der Waals surface area contributed by atoms with E-state index in [9.17, 15) is 0 Å². The molecule has 0 aromatic heterocycles. The predicted octanol–water partition coefficient (Wildman–Crippen LogP) is 1.74. The molecule has 4 heteroatoms. The van der Waals surface area contributed by atoms with E-state index in [4.69, 9.17) is 9.47 Å². The molecule has 0 radical (unpaired) electrons. The van der Waals surface area contributed by atoms with E-state index in [0.717, 1.165) is 0 Å².